The fourth-order valence-corrected chi connectivity index (χ4v) is 1.77. The lowest BCUT2D eigenvalue weighted by molar-refractivity contribution is -0.121. The molecule has 4 heteroatoms. The first-order chi connectivity index (χ1) is 7.60. The number of amides is 1. The first-order valence-corrected chi connectivity index (χ1v) is 5.88. The van der Waals surface area contributed by atoms with E-state index in [0.717, 1.165) is 25.5 Å². The Morgan fingerprint density at radius 2 is 2.19 bits per heavy atom. The fraction of sp³-hybridized carbons (Fsp3) is 0.750. The van der Waals surface area contributed by atoms with Crippen molar-refractivity contribution in [3.05, 3.63) is 11.8 Å². The van der Waals surface area contributed by atoms with Crippen LogP contribution in [0.3, 0.4) is 0 Å². The zero-order valence-corrected chi connectivity index (χ0v) is 10.6. The van der Waals surface area contributed by atoms with Crippen LogP contribution in [0.1, 0.15) is 20.8 Å². The van der Waals surface area contributed by atoms with Gasteiger partial charge in [0.15, 0.2) is 0 Å². The van der Waals surface area contributed by atoms with E-state index in [0.29, 0.717) is 12.0 Å². The van der Waals surface area contributed by atoms with Crippen molar-refractivity contribution in [2.45, 2.75) is 26.8 Å². The quantitative estimate of drug-likeness (QED) is 0.711. The Morgan fingerprint density at radius 3 is 2.50 bits per heavy atom. The van der Waals surface area contributed by atoms with Crippen LogP contribution in [0.4, 0.5) is 0 Å². The third-order valence-corrected chi connectivity index (χ3v) is 2.66. The Kier molecular flexibility index (Phi) is 4.80. The molecule has 92 valence electrons. The summed E-state index contributed by atoms with van der Waals surface area (Å²) >= 11 is 0. The molecule has 0 aromatic rings. The molecule has 0 radical (unpaired) electrons. The third-order valence-electron chi connectivity index (χ3n) is 2.66. The van der Waals surface area contributed by atoms with E-state index < -0.39 is 0 Å². The monoisotopic (exact) mass is 226 g/mol. The normalized spacial score (nSPS) is 17.2. The predicted octanol–water partition coefficient (Wildman–Crippen LogP) is 0.993. The lowest BCUT2D eigenvalue weighted by Crippen LogP contribution is -2.50. The minimum atomic E-state index is -0.0116. The molecular formula is C12H22N2O2. The topological polar surface area (TPSA) is 41.6 Å². The Balaban J connectivity index is 2.84. The van der Waals surface area contributed by atoms with Crippen LogP contribution in [0.15, 0.2) is 11.8 Å². The van der Waals surface area contributed by atoms with Crippen molar-refractivity contribution in [1.82, 2.24) is 10.2 Å². The van der Waals surface area contributed by atoms with Gasteiger partial charge in [-0.3, -0.25) is 4.79 Å². The second-order valence-corrected chi connectivity index (χ2v) is 4.35. The average molecular weight is 226 g/mol. The molecular weight excluding hydrogens is 204 g/mol. The van der Waals surface area contributed by atoms with Crippen molar-refractivity contribution in [2.24, 2.45) is 5.92 Å². The molecule has 1 N–H and O–H groups in total. The molecule has 1 rings (SSSR count). The van der Waals surface area contributed by atoms with Crippen molar-refractivity contribution < 1.29 is 9.53 Å². The molecule has 0 aliphatic carbocycles. The minimum absolute atomic E-state index is 0.0116. The summed E-state index contributed by atoms with van der Waals surface area (Å²) in [6, 6.07) is 0.354. The molecule has 0 bridgehead atoms. The number of nitrogens with one attached hydrogen (secondary N) is 1. The van der Waals surface area contributed by atoms with Crippen LogP contribution in [0.25, 0.3) is 0 Å². The minimum Gasteiger partial charge on any atom is -0.377 e. The van der Waals surface area contributed by atoms with E-state index in [-0.39, 0.29) is 5.91 Å². The van der Waals surface area contributed by atoms with Gasteiger partial charge >= 0.3 is 0 Å². The first-order valence-electron chi connectivity index (χ1n) is 5.88. The molecule has 0 unspecified atom stereocenters. The standard InChI is InChI=1S/C12H22N2O2/c1-5-14(10-7-16-8-10)11(6-9(2)3)12(15)13-4/h6,9-10H,5,7-8H2,1-4H3,(H,13,15). The van der Waals surface area contributed by atoms with E-state index in [1.807, 2.05) is 6.08 Å². The van der Waals surface area contributed by atoms with Gasteiger partial charge in [-0.1, -0.05) is 19.9 Å². The third kappa shape index (κ3) is 2.98. The molecule has 1 aliphatic rings. The number of likely N-dealkylation sites (N-methyl/N-ethyl adjacent to an activating group) is 2. The number of nitrogens with zero attached hydrogens (tertiary/aromatic N) is 1. The van der Waals surface area contributed by atoms with E-state index in [9.17, 15) is 4.79 Å². The van der Waals surface area contributed by atoms with Gasteiger partial charge in [0.2, 0.25) is 0 Å². The highest BCUT2D eigenvalue weighted by molar-refractivity contribution is 5.92. The number of ether oxygens (including phenoxy) is 1. The van der Waals surface area contributed by atoms with Gasteiger partial charge in [-0.2, -0.15) is 0 Å². The number of carbonyl (C=O) groups excluding carboxylic acids is 1. The summed E-state index contributed by atoms with van der Waals surface area (Å²) < 4.78 is 5.19. The molecule has 0 atom stereocenters. The van der Waals surface area contributed by atoms with E-state index in [1.165, 1.54) is 0 Å². The van der Waals surface area contributed by atoms with Gasteiger partial charge in [0, 0.05) is 13.6 Å². The molecule has 4 nitrogen and oxygen atoms in total. The summed E-state index contributed by atoms with van der Waals surface area (Å²) in [6.07, 6.45) is 2.01. The largest absolute Gasteiger partial charge is 0.377 e. The van der Waals surface area contributed by atoms with E-state index >= 15 is 0 Å². The van der Waals surface area contributed by atoms with Gasteiger partial charge in [-0.25, -0.2) is 0 Å². The maximum absolute atomic E-state index is 11.8. The average Bonchev–Trinajstić information content (AvgIpc) is 2.18. The van der Waals surface area contributed by atoms with Crippen LogP contribution in [0.2, 0.25) is 0 Å². The predicted molar refractivity (Wildman–Crippen MR) is 64.0 cm³/mol. The maximum Gasteiger partial charge on any atom is 0.266 e. The first kappa shape index (κ1) is 13.0. The van der Waals surface area contributed by atoms with Gasteiger partial charge in [-0.05, 0) is 12.8 Å². The second kappa shape index (κ2) is 5.89. The van der Waals surface area contributed by atoms with E-state index in [4.69, 9.17) is 4.74 Å². The number of rotatable bonds is 5. The molecule has 1 saturated heterocycles. The SMILES string of the molecule is CCN(C(=CC(C)C)C(=O)NC)C1COC1. The highest BCUT2D eigenvalue weighted by atomic mass is 16.5. The van der Waals surface area contributed by atoms with Gasteiger partial charge in [0.05, 0.1) is 25.0 Å². The van der Waals surface area contributed by atoms with Crippen molar-refractivity contribution >= 4 is 5.91 Å². The summed E-state index contributed by atoms with van der Waals surface area (Å²) in [6.45, 7) is 8.50. The second-order valence-electron chi connectivity index (χ2n) is 4.35. The van der Waals surface area contributed by atoms with Gasteiger partial charge in [0.25, 0.3) is 5.91 Å². The molecule has 1 aliphatic heterocycles. The summed E-state index contributed by atoms with van der Waals surface area (Å²) in [5.41, 5.74) is 0.772. The Bertz CT molecular complexity index is 270. The molecule has 1 fully saturated rings. The molecule has 0 aromatic carbocycles. The highest BCUT2D eigenvalue weighted by Crippen LogP contribution is 2.18. The lowest BCUT2D eigenvalue weighted by Gasteiger charge is -2.39. The molecule has 0 aromatic heterocycles. The lowest BCUT2D eigenvalue weighted by atomic mass is 10.1. The number of hydrogen-bond donors (Lipinski definition) is 1. The highest BCUT2D eigenvalue weighted by Gasteiger charge is 2.28. The van der Waals surface area contributed by atoms with E-state index in [1.54, 1.807) is 7.05 Å². The Hall–Kier alpha value is -1.03. The van der Waals surface area contributed by atoms with Gasteiger partial charge in [-0.15, -0.1) is 0 Å². The summed E-state index contributed by atoms with van der Waals surface area (Å²) in [5, 5.41) is 2.70. The summed E-state index contributed by atoms with van der Waals surface area (Å²) in [4.78, 5) is 14.0. The fourth-order valence-electron chi connectivity index (χ4n) is 1.77. The number of carbonyl (C=O) groups is 1. The van der Waals surface area contributed by atoms with Crippen LogP contribution in [0.5, 0.6) is 0 Å². The number of hydrogen-bond acceptors (Lipinski definition) is 3. The van der Waals surface area contributed by atoms with Crippen LogP contribution < -0.4 is 5.32 Å². The molecule has 1 amide bonds. The molecule has 0 spiro atoms. The maximum atomic E-state index is 11.8. The van der Waals surface area contributed by atoms with Crippen molar-refractivity contribution in [3.8, 4) is 0 Å². The summed E-state index contributed by atoms with van der Waals surface area (Å²) in [7, 11) is 1.67. The van der Waals surface area contributed by atoms with Crippen LogP contribution in [0, 0.1) is 5.92 Å². The van der Waals surface area contributed by atoms with Crippen molar-refractivity contribution in [2.75, 3.05) is 26.8 Å². The Labute approximate surface area is 97.6 Å². The smallest absolute Gasteiger partial charge is 0.266 e. The molecule has 1 heterocycles. The summed E-state index contributed by atoms with van der Waals surface area (Å²) in [5.74, 6) is 0.352. The zero-order valence-electron chi connectivity index (χ0n) is 10.6. The number of allylic oxidation sites excluding steroid dienone is 1. The Morgan fingerprint density at radius 1 is 1.56 bits per heavy atom. The van der Waals surface area contributed by atoms with Gasteiger partial charge < -0.3 is 15.0 Å². The van der Waals surface area contributed by atoms with Crippen molar-refractivity contribution in [1.29, 1.82) is 0 Å². The van der Waals surface area contributed by atoms with Gasteiger partial charge in [0.1, 0.15) is 0 Å². The zero-order chi connectivity index (χ0) is 12.1. The van der Waals surface area contributed by atoms with Crippen LogP contribution in [-0.2, 0) is 9.53 Å². The van der Waals surface area contributed by atoms with Crippen LogP contribution >= 0.6 is 0 Å². The molecule has 16 heavy (non-hydrogen) atoms. The van der Waals surface area contributed by atoms with Crippen molar-refractivity contribution in [3.63, 3.8) is 0 Å². The molecule has 0 saturated carbocycles. The van der Waals surface area contributed by atoms with Crippen LogP contribution in [-0.4, -0.2) is 43.7 Å². The van der Waals surface area contributed by atoms with E-state index in [2.05, 4.69) is 31.0 Å².